The van der Waals surface area contributed by atoms with Crippen LogP contribution in [-0.2, 0) is 16.1 Å². The maximum Gasteiger partial charge on any atom is 0.268 e. The van der Waals surface area contributed by atoms with Crippen molar-refractivity contribution in [3.8, 4) is 11.5 Å². The predicted molar refractivity (Wildman–Crippen MR) is 120 cm³/mol. The van der Waals surface area contributed by atoms with Crippen LogP contribution in [0.25, 0.3) is 0 Å². The van der Waals surface area contributed by atoms with Crippen LogP contribution in [0, 0.1) is 0 Å². The van der Waals surface area contributed by atoms with E-state index in [1.54, 1.807) is 48.2 Å². The van der Waals surface area contributed by atoms with Crippen molar-refractivity contribution >= 4 is 34.8 Å². The minimum atomic E-state index is -0.616. The first-order chi connectivity index (χ1) is 15.0. The van der Waals surface area contributed by atoms with Gasteiger partial charge in [0.15, 0.2) is 12.7 Å². The smallest absolute Gasteiger partial charge is 0.268 e. The minimum Gasteiger partial charge on any atom is -0.484 e. The molecule has 0 aliphatic carbocycles. The Kier molecular flexibility index (Phi) is 6.09. The summed E-state index contributed by atoms with van der Waals surface area (Å²) < 4.78 is 11.2. The number of nitrogens with one attached hydrogen (secondary N) is 1. The zero-order valence-corrected chi connectivity index (χ0v) is 17.6. The summed E-state index contributed by atoms with van der Waals surface area (Å²) in [4.78, 5) is 26.8. The SMILES string of the molecule is CC1Oc2ccc(NC(=O)COc3ccccc3)cc2N(Cc2ccccc2Cl)C1=O. The van der Waals surface area contributed by atoms with Crippen molar-refractivity contribution in [2.75, 3.05) is 16.8 Å². The number of amides is 2. The van der Waals surface area contributed by atoms with E-state index in [2.05, 4.69) is 5.32 Å². The van der Waals surface area contributed by atoms with Crippen LogP contribution in [0.1, 0.15) is 12.5 Å². The highest BCUT2D eigenvalue weighted by Gasteiger charge is 2.32. The van der Waals surface area contributed by atoms with E-state index < -0.39 is 6.10 Å². The number of anilines is 2. The van der Waals surface area contributed by atoms with Gasteiger partial charge in [0, 0.05) is 10.7 Å². The van der Waals surface area contributed by atoms with E-state index in [9.17, 15) is 9.59 Å². The van der Waals surface area contributed by atoms with Gasteiger partial charge in [-0.2, -0.15) is 0 Å². The number of carbonyl (C=O) groups excluding carboxylic acids is 2. The molecule has 1 aliphatic heterocycles. The first kappa shape index (κ1) is 20.8. The molecule has 7 heteroatoms. The monoisotopic (exact) mass is 436 g/mol. The fraction of sp³-hybridized carbons (Fsp3) is 0.167. The molecule has 1 N–H and O–H groups in total. The lowest BCUT2D eigenvalue weighted by Gasteiger charge is -2.33. The first-order valence-electron chi connectivity index (χ1n) is 9.84. The second-order valence-electron chi connectivity index (χ2n) is 7.11. The highest BCUT2D eigenvalue weighted by Crippen LogP contribution is 2.37. The average molecular weight is 437 g/mol. The molecule has 158 valence electrons. The van der Waals surface area contributed by atoms with Gasteiger partial charge >= 0.3 is 0 Å². The fourth-order valence-corrected chi connectivity index (χ4v) is 3.50. The van der Waals surface area contributed by atoms with Crippen molar-refractivity contribution in [3.63, 3.8) is 0 Å². The van der Waals surface area contributed by atoms with Crippen LogP contribution in [0.5, 0.6) is 11.5 Å². The molecule has 3 aromatic carbocycles. The van der Waals surface area contributed by atoms with Gasteiger partial charge < -0.3 is 19.7 Å². The molecule has 0 fully saturated rings. The molecular formula is C24H21ClN2O4. The summed E-state index contributed by atoms with van der Waals surface area (Å²) in [5, 5.41) is 3.38. The summed E-state index contributed by atoms with van der Waals surface area (Å²) in [7, 11) is 0. The molecule has 2 amide bonds. The third kappa shape index (κ3) is 4.81. The Morgan fingerprint density at radius 1 is 1.10 bits per heavy atom. The minimum absolute atomic E-state index is 0.128. The number of fused-ring (bicyclic) bond motifs is 1. The summed E-state index contributed by atoms with van der Waals surface area (Å²) in [6.07, 6.45) is -0.616. The van der Waals surface area contributed by atoms with E-state index in [0.717, 1.165) is 5.56 Å². The molecule has 0 bridgehead atoms. The van der Waals surface area contributed by atoms with Crippen LogP contribution < -0.4 is 19.7 Å². The second kappa shape index (κ2) is 9.10. The number of nitrogens with zero attached hydrogens (tertiary/aromatic N) is 1. The van der Waals surface area contributed by atoms with E-state index in [4.69, 9.17) is 21.1 Å². The second-order valence-corrected chi connectivity index (χ2v) is 7.52. The topological polar surface area (TPSA) is 67.9 Å². The van der Waals surface area contributed by atoms with Crippen molar-refractivity contribution in [2.45, 2.75) is 19.6 Å². The Labute approximate surface area is 185 Å². The van der Waals surface area contributed by atoms with Crippen LogP contribution in [0.3, 0.4) is 0 Å². The number of hydrogen-bond donors (Lipinski definition) is 1. The van der Waals surface area contributed by atoms with Gasteiger partial charge in [0.25, 0.3) is 11.8 Å². The Bertz CT molecular complexity index is 1100. The number of hydrogen-bond acceptors (Lipinski definition) is 4. The summed E-state index contributed by atoms with van der Waals surface area (Å²) in [5.41, 5.74) is 1.93. The Balaban J connectivity index is 1.52. The molecule has 1 atom stereocenters. The average Bonchev–Trinajstić information content (AvgIpc) is 2.78. The number of carbonyl (C=O) groups is 2. The number of rotatable bonds is 6. The molecule has 4 rings (SSSR count). The third-order valence-electron chi connectivity index (χ3n) is 4.85. The maximum atomic E-state index is 12.8. The first-order valence-corrected chi connectivity index (χ1v) is 10.2. The lowest BCUT2D eigenvalue weighted by Crippen LogP contribution is -2.44. The number of ether oxygens (including phenoxy) is 2. The molecule has 1 heterocycles. The van der Waals surface area contributed by atoms with Gasteiger partial charge in [0.1, 0.15) is 11.5 Å². The Morgan fingerprint density at radius 2 is 1.84 bits per heavy atom. The van der Waals surface area contributed by atoms with Crippen LogP contribution in [-0.4, -0.2) is 24.5 Å². The zero-order chi connectivity index (χ0) is 21.8. The van der Waals surface area contributed by atoms with Gasteiger partial charge in [-0.25, -0.2) is 0 Å². The van der Waals surface area contributed by atoms with E-state index >= 15 is 0 Å². The van der Waals surface area contributed by atoms with Gasteiger partial charge in [0.2, 0.25) is 0 Å². The summed E-state index contributed by atoms with van der Waals surface area (Å²) in [6, 6.07) is 21.7. The lowest BCUT2D eigenvalue weighted by atomic mass is 10.1. The predicted octanol–water partition coefficient (Wildman–Crippen LogP) is 4.67. The molecule has 0 radical (unpaired) electrons. The molecule has 1 unspecified atom stereocenters. The molecule has 1 aliphatic rings. The summed E-state index contributed by atoms with van der Waals surface area (Å²) >= 11 is 6.30. The molecule has 0 spiro atoms. The molecule has 0 saturated carbocycles. The lowest BCUT2D eigenvalue weighted by molar-refractivity contribution is -0.125. The molecular weight excluding hydrogens is 416 g/mol. The van der Waals surface area contributed by atoms with Crippen molar-refractivity contribution in [2.24, 2.45) is 0 Å². The largest absolute Gasteiger partial charge is 0.484 e. The summed E-state index contributed by atoms with van der Waals surface area (Å²) in [6.45, 7) is 1.88. The maximum absolute atomic E-state index is 12.8. The van der Waals surface area contributed by atoms with Crippen LogP contribution in [0.4, 0.5) is 11.4 Å². The van der Waals surface area contributed by atoms with E-state index in [1.807, 2.05) is 36.4 Å². The zero-order valence-electron chi connectivity index (χ0n) is 16.9. The molecule has 6 nitrogen and oxygen atoms in total. The molecule has 31 heavy (non-hydrogen) atoms. The highest BCUT2D eigenvalue weighted by molar-refractivity contribution is 6.31. The van der Waals surface area contributed by atoms with Crippen LogP contribution in [0.2, 0.25) is 5.02 Å². The summed E-state index contributed by atoms with van der Waals surface area (Å²) in [5.74, 6) is 0.695. The van der Waals surface area contributed by atoms with Gasteiger partial charge in [-0.3, -0.25) is 9.59 Å². The van der Waals surface area contributed by atoms with Crippen LogP contribution >= 0.6 is 11.6 Å². The van der Waals surface area contributed by atoms with Gasteiger partial charge in [-0.05, 0) is 48.9 Å². The standard InChI is InChI=1S/C24H21ClN2O4/c1-16-24(29)27(14-17-7-5-6-10-20(17)25)21-13-18(11-12-22(21)31-16)26-23(28)15-30-19-8-3-2-4-9-19/h2-13,16H,14-15H2,1H3,(H,26,28). The van der Waals surface area contributed by atoms with Gasteiger partial charge in [0.05, 0.1) is 12.2 Å². The quantitative estimate of drug-likeness (QED) is 0.609. The normalized spacial score (nSPS) is 15.1. The van der Waals surface area contributed by atoms with Gasteiger partial charge in [-0.1, -0.05) is 48.0 Å². The Morgan fingerprint density at radius 3 is 2.61 bits per heavy atom. The van der Waals surface area contributed by atoms with E-state index in [0.29, 0.717) is 34.4 Å². The number of para-hydroxylation sites is 1. The number of benzene rings is 3. The molecule has 0 saturated heterocycles. The number of halogens is 1. The van der Waals surface area contributed by atoms with Gasteiger partial charge in [-0.15, -0.1) is 0 Å². The van der Waals surface area contributed by atoms with Crippen molar-refractivity contribution < 1.29 is 19.1 Å². The van der Waals surface area contributed by atoms with E-state index in [-0.39, 0.29) is 18.4 Å². The van der Waals surface area contributed by atoms with Crippen molar-refractivity contribution in [3.05, 3.63) is 83.4 Å². The van der Waals surface area contributed by atoms with Crippen molar-refractivity contribution in [1.82, 2.24) is 0 Å². The molecule has 0 aromatic heterocycles. The fourth-order valence-electron chi connectivity index (χ4n) is 3.31. The van der Waals surface area contributed by atoms with E-state index in [1.165, 1.54) is 0 Å². The highest BCUT2D eigenvalue weighted by atomic mass is 35.5. The van der Waals surface area contributed by atoms with Crippen LogP contribution in [0.15, 0.2) is 72.8 Å². The Hall–Kier alpha value is -3.51. The van der Waals surface area contributed by atoms with Crippen molar-refractivity contribution in [1.29, 1.82) is 0 Å². The molecule has 3 aromatic rings. The third-order valence-corrected chi connectivity index (χ3v) is 5.22.